The Kier molecular flexibility index (Phi) is 6.14. The van der Waals surface area contributed by atoms with Crippen LogP contribution in [-0.2, 0) is 4.79 Å². The SMILES string of the molecule is O=C1CCC(c2ccc(C(=O)CCCN3CCN(c4ncccn4)CC3)cc2)N1. The molecular formula is C22H27N5O2. The van der Waals surface area contributed by atoms with Crippen molar-refractivity contribution in [3.63, 3.8) is 0 Å². The number of amides is 1. The summed E-state index contributed by atoms with van der Waals surface area (Å²) < 4.78 is 0. The van der Waals surface area contributed by atoms with E-state index in [-0.39, 0.29) is 17.7 Å². The van der Waals surface area contributed by atoms with Crippen molar-refractivity contribution in [3.05, 3.63) is 53.9 Å². The third-order valence-corrected chi connectivity index (χ3v) is 5.72. The van der Waals surface area contributed by atoms with E-state index < -0.39 is 0 Å². The van der Waals surface area contributed by atoms with Gasteiger partial charge in [-0.25, -0.2) is 9.97 Å². The van der Waals surface area contributed by atoms with Crippen molar-refractivity contribution in [2.45, 2.75) is 31.7 Å². The number of piperazine rings is 1. The summed E-state index contributed by atoms with van der Waals surface area (Å²) >= 11 is 0. The van der Waals surface area contributed by atoms with Crippen molar-refractivity contribution in [2.24, 2.45) is 0 Å². The summed E-state index contributed by atoms with van der Waals surface area (Å²) in [5.74, 6) is 1.08. The van der Waals surface area contributed by atoms with Gasteiger partial charge in [0.1, 0.15) is 0 Å². The number of anilines is 1. The number of carbonyl (C=O) groups is 2. The first-order valence-corrected chi connectivity index (χ1v) is 10.4. The van der Waals surface area contributed by atoms with Crippen LogP contribution in [0.2, 0.25) is 0 Å². The molecular weight excluding hydrogens is 366 g/mol. The number of rotatable bonds is 7. The van der Waals surface area contributed by atoms with Gasteiger partial charge < -0.3 is 10.2 Å². The maximum atomic E-state index is 12.5. The molecule has 1 atom stereocenters. The summed E-state index contributed by atoms with van der Waals surface area (Å²) in [6.45, 7) is 4.69. The summed E-state index contributed by atoms with van der Waals surface area (Å²) in [6.07, 6.45) is 6.38. The van der Waals surface area contributed by atoms with Gasteiger partial charge in [0.05, 0.1) is 6.04 Å². The number of nitrogens with zero attached hydrogens (tertiary/aromatic N) is 4. The lowest BCUT2D eigenvalue weighted by molar-refractivity contribution is -0.119. The van der Waals surface area contributed by atoms with Crippen LogP contribution in [-0.4, -0.2) is 59.3 Å². The molecule has 7 nitrogen and oxygen atoms in total. The monoisotopic (exact) mass is 393 g/mol. The Balaban J connectivity index is 1.19. The molecule has 4 rings (SSSR count). The molecule has 2 saturated heterocycles. The van der Waals surface area contributed by atoms with E-state index in [4.69, 9.17) is 0 Å². The number of nitrogens with one attached hydrogen (secondary N) is 1. The molecule has 0 spiro atoms. The lowest BCUT2D eigenvalue weighted by atomic mass is 10.0. The first kappa shape index (κ1) is 19.5. The zero-order valence-electron chi connectivity index (χ0n) is 16.6. The highest BCUT2D eigenvalue weighted by atomic mass is 16.2. The standard InChI is InChI=1S/C22H27N5O2/c28-20(18-6-4-17(5-7-18)19-8-9-21(29)25-19)3-1-12-26-13-15-27(16-14-26)22-23-10-2-11-24-22/h2,4-7,10-11,19H,1,3,8-9,12-16H2,(H,25,29). The summed E-state index contributed by atoms with van der Waals surface area (Å²) in [5.41, 5.74) is 1.83. The van der Waals surface area contributed by atoms with Crippen molar-refractivity contribution in [3.8, 4) is 0 Å². The molecule has 2 fully saturated rings. The Bertz CT molecular complexity index is 832. The zero-order valence-corrected chi connectivity index (χ0v) is 16.6. The number of aromatic nitrogens is 2. The maximum absolute atomic E-state index is 12.5. The third kappa shape index (κ3) is 4.98. The topological polar surface area (TPSA) is 78.4 Å². The number of Topliss-reactive ketones (excluding diaryl/α,β-unsaturated/α-hetero) is 1. The number of hydrogen-bond donors (Lipinski definition) is 1. The van der Waals surface area contributed by atoms with E-state index in [9.17, 15) is 9.59 Å². The van der Waals surface area contributed by atoms with Gasteiger partial charge in [-0.1, -0.05) is 24.3 Å². The van der Waals surface area contributed by atoms with E-state index in [2.05, 4.69) is 25.1 Å². The molecule has 1 N–H and O–H groups in total. The zero-order chi connectivity index (χ0) is 20.1. The first-order valence-electron chi connectivity index (χ1n) is 10.4. The van der Waals surface area contributed by atoms with Crippen molar-refractivity contribution in [2.75, 3.05) is 37.6 Å². The molecule has 0 bridgehead atoms. The predicted octanol–water partition coefficient (Wildman–Crippen LogP) is 2.21. The van der Waals surface area contributed by atoms with Crippen molar-refractivity contribution < 1.29 is 9.59 Å². The Morgan fingerprint density at radius 2 is 1.79 bits per heavy atom. The Morgan fingerprint density at radius 1 is 1.07 bits per heavy atom. The molecule has 3 heterocycles. The second-order valence-corrected chi connectivity index (χ2v) is 7.68. The van der Waals surface area contributed by atoms with E-state index in [1.807, 2.05) is 30.3 Å². The maximum Gasteiger partial charge on any atom is 0.225 e. The minimum Gasteiger partial charge on any atom is -0.349 e. The van der Waals surface area contributed by atoms with Crippen LogP contribution < -0.4 is 10.2 Å². The van der Waals surface area contributed by atoms with Crippen LogP contribution in [0.3, 0.4) is 0 Å². The largest absolute Gasteiger partial charge is 0.349 e. The van der Waals surface area contributed by atoms with Gasteiger partial charge >= 0.3 is 0 Å². The van der Waals surface area contributed by atoms with Crippen LogP contribution in [0.15, 0.2) is 42.7 Å². The molecule has 2 aliphatic rings. The van der Waals surface area contributed by atoms with E-state index in [0.29, 0.717) is 12.8 Å². The highest BCUT2D eigenvalue weighted by molar-refractivity contribution is 5.96. The molecule has 29 heavy (non-hydrogen) atoms. The lowest BCUT2D eigenvalue weighted by Gasteiger charge is -2.34. The van der Waals surface area contributed by atoms with Crippen LogP contribution in [0.5, 0.6) is 0 Å². The second kappa shape index (κ2) is 9.13. The predicted molar refractivity (Wildman–Crippen MR) is 111 cm³/mol. The average molecular weight is 393 g/mol. The Hall–Kier alpha value is -2.80. The molecule has 0 aliphatic carbocycles. The molecule has 1 unspecified atom stereocenters. The molecule has 1 amide bonds. The fourth-order valence-corrected chi connectivity index (χ4v) is 4.00. The minimum atomic E-state index is 0.0894. The van der Waals surface area contributed by atoms with Gasteiger partial charge in [-0.3, -0.25) is 14.5 Å². The van der Waals surface area contributed by atoms with Crippen LogP contribution in [0, 0.1) is 0 Å². The average Bonchev–Trinajstić information content (AvgIpc) is 3.21. The van der Waals surface area contributed by atoms with Gasteiger partial charge in [0.25, 0.3) is 0 Å². The molecule has 1 aromatic heterocycles. The van der Waals surface area contributed by atoms with Crippen molar-refractivity contribution >= 4 is 17.6 Å². The fourth-order valence-electron chi connectivity index (χ4n) is 4.00. The van der Waals surface area contributed by atoms with Gasteiger partial charge in [0, 0.05) is 57.0 Å². The van der Waals surface area contributed by atoms with Crippen LogP contribution in [0.4, 0.5) is 5.95 Å². The minimum absolute atomic E-state index is 0.0894. The van der Waals surface area contributed by atoms with Crippen LogP contribution in [0.25, 0.3) is 0 Å². The van der Waals surface area contributed by atoms with Gasteiger partial charge in [-0.2, -0.15) is 0 Å². The number of benzene rings is 1. The highest BCUT2D eigenvalue weighted by Crippen LogP contribution is 2.24. The summed E-state index contributed by atoms with van der Waals surface area (Å²) in [4.78, 5) is 37.1. The normalized spacial score (nSPS) is 19.9. The van der Waals surface area contributed by atoms with Gasteiger partial charge in [-0.05, 0) is 31.0 Å². The van der Waals surface area contributed by atoms with E-state index >= 15 is 0 Å². The van der Waals surface area contributed by atoms with E-state index in [0.717, 1.165) is 62.6 Å². The third-order valence-electron chi connectivity index (χ3n) is 5.72. The second-order valence-electron chi connectivity index (χ2n) is 7.68. The summed E-state index contributed by atoms with van der Waals surface area (Å²) in [7, 11) is 0. The van der Waals surface area contributed by atoms with Gasteiger partial charge in [0.2, 0.25) is 11.9 Å². The van der Waals surface area contributed by atoms with Gasteiger partial charge in [-0.15, -0.1) is 0 Å². The molecule has 0 saturated carbocycles. The molecule has 7 heteroatoms. The quantitative estimate of drug-likeness (QED) is 0.727. The number of ketones is 1. The molecule has 2 aliphatic heterocycles. The lowest BCUT2D eigenvalue weighted by Crippen LogP contribution is -2.47. The van der Waals surface area contributed by atoms with Crippen molar-refractivity contribution in [1.29, 1.82) is 0 Å². The molecule has 0 radical (unpaired) electrons. The Labute approximate surface area is 171 Å². The molecule has 1 aromatic carbocycles. The van der Waals surface area contributed by atoms with Crippen LogP contribution >= 0.6 is 0 Å². The number of hydrogen-bond acceptors (Lipinski definition) is 6. The Morgan fingerprint density at radius 3 is 2.45 bits per heavy atom. The summed E-state index contributed by atoms with van der Waals surface area (Å²) in [6, 6.07) is 9.63. The number of carbonyl (C=O) groups excluding carboxylic acids is 2. The first-order chi connectivity index (χ1) is 14.2. The fraction of sp³-hybridized carbons (Fsp3) is 0.455. The smallest absolute Gasteiger partial charge is 0.225 e. The van der Waals surface area contributed by atoms with Crippen LogP contribution in [0.1, 0.15) is 47.6 Å². The van der Waals surface area contributed by atoms with Crippen molar-refractivity contribution in [1.82, 2.24) is 20.2 Å². The highest BCUT2D eigenvalue weighted by Gasteiger charge is 2.22. The summed E-state index contributed by atoms with van der Waals surface area (Å²) in [5, 5.41) is 2.96. The molecule has 152 valence electrons. The van der Waals surface area contributed by atoms with Gasteiger partial charge in [0.15, 0.2) is 5.78 Å². The molecule has 2 aromatic rings. The van der Waals surface area contributed by atoms with E-state index in [1.54, 1.807) is 12.4 Å². The van der Waals surface area contributed by atoms with E-state index in [1.165, 1.54) is 0 Å².